The first kappa shape index (κ1) is 13.4. The predicted octanol–water partition coefficient (Wildman–Crippen LogP) is 2.88. The van der Waals surface area contributed by atoms with Gasteiger partial charge < -0.3 is 0 Å². The third-order valence-corrected chi connectivity index (χ3v) is 2.84. The highest BCUT2D eigenvalue weighted by Crippen LogP contribution is 2.13. The van der Waals surface area contributed by atoms with Gasteiger partial charge in [0, 0.05) is 11.6 Å². The minimum Gasteiger partial charge on any atom is -0.268 e. The molecule has 0 atom stereocenters. The lowest BCUT2D eigenvalue weighted by molar-refractivity contribution is 0.500. The summed E-state index contributed by atoms with van der Waals surface area (Å²) in [6.07, 6.45) is 0. The number of aromatic nitrogens is 2. The van der Waals surface area contributed by atoms with E-state index in [1.165, 1.54) is 10.7 Å². The highest BCUT2D eigenvalue weighted by atomic mass is 35.5. The van der Waals surface area contributed by atoms with Crippen molar-refractivity contribution in [3.63, 3.8) is 0 Å². The van der Waals surface area contributed by atoms with Gasteiger partial charge in [-0.3, -0.25) is 4.79 Å². The van der Waals surface area contributed by atoms with Gasteiger partial charge in [0.05, 0.1) is 11.1 Å². The van der Waals surface area contributed by atoms with E-state index in [1.54, 1.807) is 12.1 Å². The van der Waals surface area contributed by atoms with Crippen LogP contribution in [-0.4, -0.2) is 9.78 Å². The van der Waals surface area contributed by atoms with Crippen LogP contribution in [0.1, 0.15) is 31.1 Å². The van der Waals surface area contributed by atoms with E-state index in [1.807, 2.05) is 32.0 Å². The molecule has 1 aromatic heterocycles. The Morgan fingerprint density at radius 3 is 2.58 bits per heavy atom. The van der Waals surface area contributed by atoms with Crippen LogP contribution in [0.2, 0.25) is 5.02 Å². The Balaban J connectivity index is 2.38. The molecule has 0 aliphatic carbocycles. The minimum atomic E-state index is -0.127. The van der Waals surface area contributed by atoms with Crippen LogP contribution >= 0.6 is 11.6 Å². The normalized spacial score (nSPS) is 10.1. The van der Waals surface area contributed by atoms with E-state index in [-0.39, 0.29) is 11.6 Å². The van der Waals surface area contributed by atoms with E-state index in [0.29, 0.717) is 10.7 Å². The van der Waals surface area contributed by atoms with E-state index >= 15 is 0 Å². The maximum Gasteiger partial charge on any atom is 0.267 e. The van der Waals surface area contributed by atoms with Crippen molar-refractivity contribution in [1.29, 1.82) is 0 Å². The summed E-state index contributed by atoms with van der Waals surface area (Å²) in [5.74, 6) is 5.87. The van der Waals surface area contributed by atoms with Gasteiger partial charge in [-0.15, -0.1) is 0 Å². The molecule has 0 N–H and O–H groups in total. The van der Waals surface area contributed by atoms with Crippen LogP contribution in [0.5, 0.6) is 0 Å². The fourth-order valence-electron chi connectivity index (χ4n) is 1.56. The highest BCUT2D eigenvalue weighted by molar-refractivity contribution is 6.31. The van der Waals surface area contributed by atoms with Gasteiger partial charge in [-0.05, 0) is 38.0 Å². The van der Waals surface area contributed by atoms with Crippen molar-refractivity contribution in [2.45, 2.75) is 19.9 Å². The van der Waals surface area contributed by atoms with Crippen molar-refractivity contribution in [2.24, 2.45) is 0 Å². The van der Waals surface area contributed by atoms with Crippen LogP contribution in [0.15, 0.2) is 41.2 Å². The average molecular weight is 273 g/mol. The SMILES string of the molecule is CC(C)n1nc(C#Cc2ccccc2Cl)ccc1=O. The second kappa shape index (κ2) is 5.73. The molecule has 4 heteroatoms. The maximum atomic E-state index is 11.6. The summed E-state index contributed by atoms with van der Waals surface area (Å²) in [5, 5.41) is 4.81. The zero-order valence-electron chi connectivity index (χ0n) is 10.7. The smallest absolute Gasteiger partial charge is 0.267 e. The summed E-state index contributed by atoms with van der Waals surface area (Å²) in [5.41, 5.74) is 1.17. The largest absolute Gasteiger partial charge is 0.268 e. The Hall–Kier alpha value is -2.05. The van der Waals surface area contributed by atoms with Crippen LogP contribution in [0.4, 0.5) is 0 Å². The van der Waals surface area contributed by atoms with Crippen molar-refractivity contribution in [1.82, 2.24) is 9.78 Å². The van der Waals surface area contributed by atoms with E-state index < -0.39 is 0 Å². The third-order valence-electron chi connectivity index (χ3n) is 2.51. The Kier molecular flexibility index (Phi) is 4.03. The van der Waals surface area contributed by atoms with Crippen molar-refractivity contribution >= 4 is 11.6 Å². The lowest BCUT2D eigenvalue weighted by Gasteiger charge is -2.07. The third kappa shape index (κ3) is 3.24. The molecule has 2 rings (SSSR count). The summed E-state index contributed by atoms with van der Waals surface area (Å²) >= 11 is 6.02. The number of benzene rings is 1. The van der Waals surface area contributed by atoms with Gasteiger partial charge in [0.25, 0.3) is 5.56 Å². The first-order valence-electron chi connectivity index (χ1n) is 5.94. The molecule has 0 radical (unpaired) electrons. The second-order valence-corrected chi connectivity index (χ2v) is 4.73. The Morgan fingerprint density at radius 2 is 1.89 bits per heavy atom. The van der Waals surface area contributed by atoms with E-state index in [2.05, 4.69) is 16.9 Å². The molecule has 96 valence electrons. The quantitative estimate of drug-likeness (QED) is 0.748. The molecule has 3 nitrogen and oxygen atoms in total. The molecule has 0 aliphatic heterocycles. The number of rotatable bonds is 1. The number of nitrogens with zero attached hydrogens (tertiary/aromatic N) is 2. The van der Waals surface area contributed by atoms with Gasteiger partial charge in [0.1, 0.15) is 5.69 Å². The van der Waals surface area contributed by atoms with Gasteiger partial charge in [-0.2, -0.15) is 5.10 Å². The van der Waals surface area contributed by atoms with Gasteiger partial charge in [-0.1, -0.05) is 29.7 Å². The summed E-state index contributed by atoms with van der Waals surface area (Å²) in [6.45, 7) is 3.80. The summed E-state index contributed by atoms with van der Waals surface area (Å²) in [7, 11) is 0. The molecule has 0 fully saturated rings. The first-order chi connectivity index (χ1) is 9.08. The molecule has 0 spiro atoms. The molecule has 1 heterocycles. The topological polar surface area (TPSA) is 34.9 Å². The van der Waals surface area contributed by atoms with Crippen LogP contribution in [0, 0.1) is 11.8 Å². The Labute approximate surface area is 116 Å². The first-order valence-corrected chi connectivity index (χ1v) is 6.32. The maximum absolute atomic E-state index is 11.6. The standard InChI is InChI=1S/C15H13ClN2O/c1-11(2)18-15(19)10-9-13(17-18)8-7-12-5-3-4-6-14(12)16/h3-6,9-11H,1-2H3. The Bertz CT molecular complexity index is 708. The van der Waals surface area contributed by atoms with E-state index in [0.717, 1.165) is 5.56 Å². The van der Waals surface area contributed by atoms with Gasteiger partial charge in [0.2, 0.25) is 0 Å². The molecule has 2 aromatic rings. The van der Waals surface area contributed by atoms with Crippen molar-refractivity contribution in [3.05, 3.63) is 63.0 Å². The van der Waals surface area contributed by atoms with Gasteiger partial charge in [0.15, 0.2) is 0 Å². The number of hydrogen-bond donors (Lipinski definition) is 0. The van der Waals surface area contributed by atoms with Crippen molar-refractivity contribution < 1.29 is 0 Å². The van der Waals surface area contributed by atoms with E-state index in [4.69, 9.17) is 11.6 Å². The molecular weight excluding hydrogens is 260 g/mol. The summed E-state index contributed by atoms with van der Waals surface area (Å²) < 4.78 is 1.41. The predicted molar refractivity (Wildman–Crippen MR) is 76.3 cm³/mol. The monoisotopic (exact) mass is 272 g/mol. The lowest BCUT2D eigenvalue weighted by Crippen LogP contribution is -2.24. The van der Waals surface area contributed by atoms with Gasteiger partial charge in [-0.25, -0.2) is 4.68 Å². The van der Waals surface area contributed by atoms with Crippen LogP contribution in [0.3, 0.4) is 0 Å². The molecule has 1 aromatic carbocycles. The van der Waals surface area contributed by atoms with Crippen LogP contribution < -0.4 is 5.56 Å². The summed E-state index contributed by atoms with van der Waals surface area (Å²) in [4.78, 5) is 11.6. The molecule has 0 bridgehead atoms. The molecule has 0 saturated heterocycles. The molecular formula is C15H13ClN2O. The van der Waals surface area contributed by atoms with Crippen LogP contribution in [0.25, 0.3) is 0 Å². The highest BCUT2D eigenvalue weighted by Gasteiger charge is 2.02. The van der Waals surface area contributed by atoms with Crippen molar-refractivity contribution in [3.8, 4) is 11.8 Å². The summed E-state index contributed by atoms with van der Waals surface area (Å²) in [6, 6.07) is 10.5. The molecule has 0 aliphatic rings. The fraction of sp³-hybridized carbons (Fsp3) is 0.200. The molecule has 0 unspecified atom stereocenters. The zero-order valence-corrected chi connectivity index (χ0v) is 11.5. The number of hydrogen-bond acceptors (Lipinski definition) is 2. The second-order valence-electron chi connectivity index (χ2n) is 4.32. The number of halogens is 1. The molecule has 0 amide bonds. The molecule has 19 heavy (non-hydrogen) atoms. The average Bonchev–Trinajstić information content (AvgIpc) is 2.39. The van der Waals surface area contributed by atoms with E-state index in [9.17, 15) is 4.79 Å². The zero-order chi connectivity index (χ0) is 13.8. The minimum absolute atomic E-state index is 0.00885. The fourth-order valence-corrected chi connectivity index (χ4v) is 1.74. The Morgan fingerprint density at radius 1 is 1.16 bits per heavy atom. The lowest BCUT2D eigenvalue weighted by atomic mass is 10.2. The van der Waals surface area contributed by atoms with Gasteiger partial charge >= 0.3 is 0 Å². The van der Waals surface area contributed by atoms with Crippen LogP contribution in [-0.2, 0) is 0 Å². The van der Waals surface area contributed by atoms with Crippen molar-refractivity contribution in [2.75, 3.05) is 0 Å². The molecule has 0 saturated carbocycles.